The zero-order valence-corrected chi connectivity index (χ0v) is 19.5. The average molecular weight is 441 g/mol. The number of likely N-dealkylation sites (N-methyl/N-ethyl adjacent to an activating group) is 1. The van der Waals surface area contributed by atoms with Crippen molar-refractivity contribution in [3.05, 3.63) is 54.1 Å². The predicted octanol–water partition coefficient (Wildman–Crippen LogP) is 4.61. The maximum absolute atomic E-state index is 5.90. The molecule has 4 rings (SSSR count). The highest BCUT2D eigenvalue weighted by atomic mass is 32.2. The van der Waals surface area contributed by atoms with Gasteiger partial charge in [0.1, 0.15) is 0 Å². The molecule has 1 aliphatic carbocycles. The molecule has 0 spiro atoms. The fraction of sp³-hybridized carbons (Fsp3) is 0.500. The van der Waals surface area contributed by atoms with Gasteiger partial charge in [0.2, 0.25) is 11.8 Å². The van der Waals surface area contributed by atoms with E-state index in [1.807, 2.05) is 0 Å². The number of rotatable bonds is 9. The number of nitrogens with zero attached hydrogens (tertiary/aromatic N) is 4. The third-order valence-corrected chi connectivity index (χ3v) is 6.84. The molecule has 1 aliphatic heterocycles. The summed E-state index contributed by atoms with van der Waals surface area (Å²) in [4.78, 5) is 4.75. The summed E-state index contributed by atoms with van der Waals surface area (Å²) < 4.78 is 11.8. The first-order chi connectivity index (χ1) is 15.1. The minimum atomic E-state index is 0.472. The van der Waals surface area contributed by atoms with Crippen LogP contribution < -0.4 is 4.90 Å². The summed E-state index contributed by atoms with van der Waals surface area (Å²) in [5.74, 6) is 4.38. The Morgan fingerprint density at radius 1 is 1.23 bits per heavy atom. The van der Waals surface area contributed by atoms with Crippen molar-refractivity contribution in [2.75, 3.05) is 44.4 Å². The van der Waals surface area contributed by atoms with Gasteiger partial charge in [-0.1, -0.05) is 19.1 Å². The van der Waals surface area contributed by atoms with Gasteiger partial charge in [-0.15, -0.1) is 22.0 Å². The Bertz CT molecular complexity index is 907. The Morgan fingerprint density at radius 3 is 2.81 bits per heavy atom. The summed E-state index contributed by atoms with van der Waals surface area (Å²) in [5, 5.41) is 8.44. The first-order valence-electron chi connectivity index (χ1n) is 11.0. The molecule has 7 heteroatoms. The Morgan fingerprint density at radius 2 is 2.06 bits per heavy atom. The number of benzene rings is 1. The molecule has 0 saturated carbocycles. The summed E-state index contributed by atoms with van der Waals surface area (Å²) in [6.07, 6.45) is 8.58. The van der Waals surface area contributed by atoms with Crippen LogP contribution in [-0.4, -0.2) is 60.7 Å². The number of hydrogen-bond donors (Lipinski definition) is 0. The van der Waals surface area contributed by atoms with E-state index in [1.165, 1.54) is 12.1 Å². The van der Waals surface area contributed by atoms with Gasteiger partial charge in [0.25, 0.3) is 0 Å². The Labute approximate surface area is 189 Å². The monoisotopic (exact) mass is 440 g/mol. The van der Waals surface area contributed by atoms with Crippen molar-refractivity contribution in [2.24, 2.45) is 5.92 Å². The molecule has 2 atom stereocenters. The van der Waals surface area contributed by atoms with Crippen LogP contribution in [0.15, 0.2) is 52.7 Å². The normalized spacial score (nSPS) is 21.0. The van der Waals surface area contributed by atoms with Gasteiger partial charge in [-0.2, -0.15) is 0 Å². The molecule has 31 heavy (non-hydrogen) atoms. The Kier molecular flexibility index (Phi) is 7.35. The molecule has 1 fully saturated rings. The van der Waals surface area contributed by atoms with E-state index in [0.29, 0.717) is 36.1 Å². The van der Waals surface area contributed by atoms with Crippen molar-refractivity contribution in [1.82, 2.24) is 15.1 Å². The van der Waals surface area contributed by atoms with Crippen LogP contribution in [0.25, 0.3) is 11.5 Å². The highest BCUT2D eigenvalue weighted by Gasteiger charge is 2.24. The van der Waals surface area contributed by atoms with Crippen LogP contribution in [0.2, 0.25) is 0 Å². The summed E-state index contributed by atoms with van der Waals surface area (Å²) >= 11 is 1.75. The minimum Gasteiger partial charge on any atom is -0.497 e. The molecule has 2 heterocycles. The van der Waals surface area contributed by atoms with Crippen LogP contribution in [-0.2, 0) is 10.5 Å². The van der Waals surface area contributed by atoms with E-state index < -0.39 is 0 Å². The van der Waals surface area contributed by atoms with Gasteiger partial charge >= 0.3 is 0 Å². The molecule has 2 aromatic rings. The summed E-state index contributed by atoms with van der Waals surface area (Å²) in [7, 11) is 4.31. The van der Waals surface area contributed by atoms with Gasteiger partial charge in [0.15, 0.2) is 0 Å². The van der Waals surface area contributed by atoms with E-state index in [9.17, 15) is 0 Å². The number of anilines is 1. The lowest BCUT2D eigenvalue weighted by molar-refractivity contribution is 0.197. The first kappa shape index (κ1) is 22.0. The maximum atomic E-state index is 5.90. The molecule has 1 aromatic carbocycles. The van der Waals surface area contributed by atoms with Crippen molar-refractivity contribution in [1.29, 1.82) is 0 Å². The average Bonchev–Trinajstić information content (AvgIpc) is 3.45. The number of hydrogen-bond acceptors (Lipinski definition) is 7. The molecule has 0 amide bonds. The smallest absolute Gasteiger partial charge is 0.247 e. The third-order valence-electron chi connectivity index (χ3n) is 5.93. The molecular formula is C24H32N4O2S. The molecule has 1 saturated heterocycles. The van der Waals surface area contributed by atoms with Crippen molar-refractivity contribution in [3.63, 3.8) is 0 Å². The van der Waals surface area contributed by atoms with E-state index in [-0.39, 0.29) is 0 Å². The molecular weight excluding hydrogens is 408 g/mol. The Balaban J connectivity index is 1.23. The van der Waals surface area contributed by atoms with Crippen LogP contribution in [0.1, 0.15) is 25.7 Å². The van der Waals surface area contributed by atoms with Gasteiger partial charge in [0.05, 0.1) is 18.1 Å². The second-order valence-corrected chi connectivity index (χ2v) is 9.54. The van der Waals surface area contributed by atoms with Crippen LogP contribution in [0, 0.1) is 5.92 Å². The topological polar surface area (TPSA) is 54.6 Å². The van der Waals surface area contributed by atoms with Gasteiger partial charge in [0, 0.05) is 42.1 Å². The first-order valence-corrected chi connectivity index (χ1v) is 12.2. The molecule has 0 radical (unpaired) electrons. The second kappa shape index (κ2) is 10.4. The highest BCUT2D eigenvalue weighted by molar-refractivity contribution is 7.98. The molecule has 2 unspecified atom stereocenters. The van der Waals surface area contributed by atoms with Gasteiger partial charge < -0.3 is 19.0 Å². The van der Waals surface area contributed by atoms with E-state index in [1.54, 1.807) is 11.8 Å². The Hall–Kier alpha value is -2.25. The molecule has 166 valence electrons. The predicted molar refractivity (Wildman–Crippen MR) is 127 cm³/mol. The quantitative estimate of drug-likeness (QED) is 0.528. The fourth-order valence-corrected chi connectivity index (χ4v) is 4.57. The summed E-state index contributed by atoms with van der Waals surface area (Å²) in [6, 6.07) is 9.08. The highest BCUT2D eigenvalue weighted by Crippen LogP contribution is 2.26. The van der Waals surface area contributed by atoms with E-state index in [0.717, 1.165) is 36.6 Å². The standard InChI is InChI=1S/C24H32N4O2S/c1-18-6-4-5-7-22(18)29-14-15-31-17-23-25-26-24(30-23)19-8-10-20(11-9-19)28-13-12-21(16-28)27(2)3/h4-5,7-11,18,21H,6,12-17H2,1-3H3. The van der Waals surface area contributed by atoms with E-state index in [4.69, 9.17) is 9.15 Å². The van der Waals surface area contributed by atoms with E-state index >= 15 is 0 Å². The van der Waals surface area contributed by atoms with Crippen molar-refractivity contribution < 1.29 is 9.15 Å². The van der Waals surface area contributed by atoms with Crippen molar-refractivity contribution in [3.8, 4) is 11.5 Å². The largest absolute Gasteiger partial charge is 0.497 e. The molecule has 0 bridgehead atoms. The maximum Gasteiger partial charge on any atom is 0.247 e. The lowest BCUT2D eigenvalue weighted by Gasteiger charge is -2.21. The van der Waals surface area contributed by atoms with Gasteiger partial charge in [-0.3, -0.25) is 0 Å². The molecule has 1 aromatic heterocycles. The summed E-state index contributed by atoms with van der Waals surface area (Å²) in [5.41, 5.74) is 2.21. The van der Waals surface area contributed by atoms with Crippen LogP contribution in [0.4, 0.5) is 5.69 Å². The number of allylic oxidation sites excluding steroid dienone is 4. The third kappa shape index (κ3) is 5.71. The second-order valence-electron chi connectivity index (χ2n) is 8.43. The van der Waals surface area contributed by atoms with Crippen LogP contribution in [0.5, 0.6) is 0 Å². The van der Waals surface area contributed by atoms with Gasteiger partial charge in [-0.25, -0.2) is 0 Å². The zero-order chi connectivity index (χ0) is 21.6. The van der Waals surface area contributed by atoms with Crippen LogP contribution >= 0.6 is 11.8 Å². The molecule has 2 aliphatic rings. The number of thioether (sulfide) groups is 1. The zero-order valence-electron chi connectivity index (χ0n) is 18.7. The lowest BCUT2D eigenvalue weighted by Crippen LogP contribution is -2.31. The van der Waals surface area contributed by atoms with Crippen LogP contribution in [0.3, 0.4) is 0 Å². The van der Waals surface area contributed by atoms with Crippen molar-refractivity contribution >= 4 is 17.4 Å². The van der Waals surface area contributed by atoms with Gasteiger partial charge in [-0.05, 0) is 57.3 Å². The summed E-state index contributed by atoms with van der Waals surface area (Å²) in [6.45, 7) is 5.06. The van der Waals surface area contributed by atoms with E-state index in [2.05, 4.69) is 83.5 Å². The SMILES string of the molecule is CC1CC=CC=C1OCCSCc1nnc(-c2ccc(N3CCC(N(C)C)C3)cc2)o1. The minimum absolute atomic E-state index is 0.472. The molecule has 6 nitrogen and oxygen atoms in total. The molecule has 0 N–H and O–H groups in total. The lowest BCUT2D eigenvalue weighted by atomic mass is 10.0. The number of aromatic nitrogens is 2. The number of ether oxygens (including phenoxy) is 1. The van der Waals surface area contributed by atoms with Crippen molar-refractivity contribution in [2.45, 2.75) is 31.6 Å². The fourth-order valence-electron chi connectivity index (χ4n) is 3.94.